The molecule has 0 heterocycles. The first-order chi connectivity index (χ1) is 11.5. The second-order valence-electron chi connectivity index (χ2n) is 3.93. The van der Waals surface area contributed by atoms with E-state index in [-0.39, 0.29) is 0 Å². The molecule has 0 aliphatic carbocycles. The molecule has 120 valence electrons. The van der Waals surface area contributed by atoms with Gasteiger partial charge in [-0.1, -0.05) is 51.3 Å². The van der Waals surface area contributed by atoms with E-state index in [0.29, 0.717) is 17.8 Å². The summed E-state index contributed by atoms with van der Waals surface area (Å²) in [7, 11) is -4.28. The first kappa shape index (κ1) is 18.6. The van der Waals surface area contributed by atoms with E-state index >= 15 is 0 Å². The second kappa shape index (κ2) is 9.53. The third-order valence-electron chi connectivity index (χ3n) is 2.45. The van der Waals surface area contributed by atoms with E-state index in [1.807, 2.05) is 42.5 Å². The number of carbonyl (C=O) groups excluding carboxylic acids is 3. The van der Waals surface area contributed by atoms with Crippen LogP contribution in [0.5, 0.6) is 0 Å². The topological polar surface area (TPSA) is 122 Å². The summed E-state index contributed by atoms with van der Waals surface area (Å²) in [5.41, 5.74) is 2.89. The zero-order valence-electron chi connectivity index (χ0n) is 12.0. The Morgan fingerprint density at radius 2 is 1.17 bits per heavy atom. The third-order valence-corrected chi connectivity index (χ3v) is 3.06. The lowest BCUT2D eigenvalue weighted by Crippen LogP contribution is -1.86. The average molecular weight is 343 g/mol. The van der Waals surface area contributed by atoms with Crippen molar-refractivity contribution in [1.82, 2.24) is 0 Å². The Hall–Kier alpha value is -3.47. The third kappa shape index (κ3) is 6.53. The normalized spacial score (nSPS) is 9.17. The summed E-state index contributed by atoms with van der Waals surface area (Å²) in [5, 5.41) is 0. The van der Waals surface area contributed by atoms with Gasteiger partial charge in [-0.15, -0.1) is 0 Å². The number of aliphatic imine (C=N–C) groups is 1. The number of isocyanates is 3. The number of rotatable bonds is 4. The van der Waals surface area contributed by atoms with Crippen LogP contribution >= 0.6 is 0 Å². The van der Waals surface area contributed by atoms with Gasteiger partial charge in [0.25, 0.3) is 12.2 Å². The Balaban J connectivity index is 0.000000277. The van der Waals surface area contributed by atoms with Crippen molar-refractivity contribution in [2.45, 2.75) is 0 Å². The first-order valence-corrected chi connectivity index (χ1v) is 7.58. The van der Waals surface area contributed by atoms with E-state index in [1.165, 1.54) is 6.08 Å². The highest BCUT2D eigenvalue weighted by Crippen LogP contribution is 2.21. The fraction of sp³-hybridized carbons (Fsp3) is 0. The van der Waals surface area contributed by atoms with Crippen molar-refractivity contribution in [2.75, 3.05) is 0 Å². The Bertz CT molecular complexity index is 897. The second-order valence-corrected chi connectivity index (χ2v) is 5.19. The van der Waals surface area contributed by atoms with Gasteiger partial charge in [-0.25, -0.2) is 14.4 Å². The zero-order valence-corrected chi connectivity index (χ0v) is 12.8. The van der Waals surface area contributed by atoms with Crippen molar-refractivity contribution >= 4 is 34.1 Å². The highest BCUT2D eigenvalue weighted by Gasteiger charge is 2.00. The molecule has 0 aliphatic heterocycles. The number of hydrogen-bond donors (Lipinski definition) is 0. The Morgan fingerprint density at radius 3 is 1.62 bits per heavy atom. The smallest absolute Gasteiger partial charge is 0.211 e. The largest absolute Gasteiger partial charge is 0.383 e. The molecule has 0 N–H and O–H groups in total. The maximum atomic E-state index is 10.0. The van der Waals surface area contributed by atoms with Crippen LogP contribution in [-0.2, 0) is 24.6 Å². The van der Waals surface area contributed by atoms with Crippen LogP contribution in [0, 0.1) is 0 Å². The van der Waals surface area contributed by atoms with Crippen molar-refractivity contribution in [2.24, 2.45) is 13.8 Å². The summed E-state index contributed by atoms with van der Waals surface area (Å²) in [5.74, 6) is 0. The standard InChI is InChI=1S/C13H9NO.C2N2O4S/c15-10-14-13-8-6-12(7-9-13)11-4-2-1-3-5-11;5-1-3-9(7,8)4-2-6/h1-9H;. The molecule has 2 aromatic carbocycles. The molecule has 2 aromatic rings. The fourth-order valence-electron chi connectivity index (χ4n) is 1.53. The van der Waals surface area contributed by atoms with Gasteiger partial charge in [0.05, 0.1) is 5.69 Å². The summed E-state index contributed by atoms with van der Waals surface area (Å²) in [6.07, 6.45) is 2.93. The van der Waals surface area contributed by atoms with Crippen molar-refractivity contribution in [1.29, 1.82) is 0 Å². The molecule has 0 aromatic heterocycles. The highest BCUT2D eigenvalue weighted by molar-refractivity contribution is 7.89. The van der Waals surface area contributed by atoms with Crippen LogP contribution in [0.3, 0.4) is 0 Å². The molecule has 9 heteroatoms. The molecule has 0 radical (unpaired) electrons. The maximum absolute atomic E-state index is 10.0. The molecule has 0 bridgehead atoms. The van der Waals surface area contributed by atoms with Gasteiger partial charge in [0.1, 0.15) is 0 Å². The first-order valence-electron chi connectivity index (χ1n) is 6.19. The van der Waals surface area contributed by atoms with E-state index in [9.17, 15) is 22.8 Å². The van der Waals surface area contributed by atoms with Crippen molar-refractivity contribution in [3.63, 3.8) is 0 Å². The van der Waals surface area contributed by atoms with E-state index in [0.717, 1.165) is 11.1 Å². The Kier molecular flexibility index (Phi) is 7.38. The summed E-state index contributed by atoms with van der Waals surface area (Å²) in [4.78, 5) is 32.0. The lowest BCUT2D eigenvalue weighted by molar-refractivity contribution is 0.561. The maximum Gasteiger partial charge on any atom is 0.383 e. The van der Waals surface area contributed by atoms with Crippen LogP contribution in [0.1, 0.15) is 0 Å². The minimum Gasteiger partial charge on any atom is -0.211 e. The summed E-state index contributed by atoms with van der Waals surface area (Å²) >= 11 is 0. The molecule has 0 unspecified atom stereocenters. The molecule has 0 amide bonds. The van der Waals surface area contributed by atoms with Crippen LogP contribution in [0.4, 0.5) is 5.69 Å². The Morgan fingerprint density at radius 1 is 0.667 bits per heavy atom. The van der Waals surface area contributed by atoms with Gasteiger partial charge < -0.3 is 0 Å². The minimum atomic E-state index is -4.28. The molecule has 0 aliphatic rings. The molecule has 0 saturated heterocycles. The quantitative estimate of drug-likeness (QED) is 0.622. The van der Waals surface area contributed by atoms with Gasteiger partial charge in [0.15, 0.2) is 0 Å². The highest BCUT2D eigenvalue weighted by atomic mass is 32.2. The molecule has 8 nitrogen and oxygen atoms in total. The summed E-state index contributed by atoms with van der Waals surface area (Å²) < 4.78 is 24.3. The van der Waals surface area contributed by atoms with Crippen molar-refractivity contribution in [3.8, 4) is 11.1 Å². The lowest BCUT2D eigenvalue weighted by Gasteiger charge is -2.00. The Labute approximate surface area is 137 Å². The number of nitrogens with zero attached hydrogens (tertiary/aromatic N) is 3. The van der Waals surface area contributed by atoms with Gasteiger partial charge in [0, 0.05) is 0 Å². The number of benzene rings is 2. The van der Waals surface area contributed by atoms with E-state index in [2.05, 4.69) is 13.8 Å². The van der Waals surface area contributed by atoms with Gasteiger partial charge in [-0.3, -0.25) is 0 Å². The van der Waals surface area contributed by atoms with Gasteiger partial charge in [-0.05, 0) is 23.3 Å². The van der Waals surface area contributed by atoms with E-state index in [4.69, 9.17) is 0 Å². The van der Waals surface area contributed by atoms with Crippen molar-refractivity contribution < 1.29 is 22.8 Å². The van der Waals surface area contributed by atoms with Gasteiger partial charge in [-0.2, -0.15) is 13.4 Å². The molecule has 2 rings (SSSR count). The molecule has 0 spiro atoms. The van der Waals surface area contributed by atoms with Gasteiger partial charge >= 0.3 is 10.2 Å². The average Bonchev–Trinajstić information content (AvgIpc) is 2.57. The molecular weight excluding hydrogens is 334 g/mol. The molecule has 24 heavy (non-hydrogen) atoms. The van der Waals surface area contributed by atoms with Crippen LogP contribution in [0.25, 0.3) is 11.1 Å². The minimum absolute atomic E-state index is 0.629. The fourth-order valence-corrected chi connectivity index (χ4v) is 1.76. The summed E-state index contributed by atoms with van der Waals surface area (Å²) in [6, 6.07) is 17.5. The predicted molar refractivity (Wildman–Crippen MR) is 84.8 cm³/mol. The van der Waals surface area contributed by atoms with Gasteiger partial charge in [0.2, 0.25) is 6.08 Å². The van der Waals surface area contributed by atoms with Crippen molar-refractivity contribution in [3.05, 3.63) is 54.6 Å². The summed E-state index contributed by atoms with van der Waals surface area (Å²) in [6.45, 7) is 0. The molecular formula is C15H9N3O5S. The van der Waals surface area contributed by atoms with Crippen LogP contribution in [-0.4, -0.2) is 26.7 Å². The van der Waals surface area contributed by atoms with E-state index < -0.39 is 10.2 Å². The predicted octanol–water partition coefficient (Wildman–Crippen LogP) is 2.22. The molecule has 0 atom stereocenters. The zero-order chi connectivity index (χ0) is 17.8. The lowest BCUT2D eigenvalue weighted by atomic mass is 10.1. The van der Waals surface area contributed by atoms with Crippen LogP contribution in [0.15, 0.2) is 68.4 Å². The van der Waals surface area contributed by atoms with Crippen LogP contribution in [0.2, 0.25) is 0 Å². The molecule has 0 fully saturated rings. The molecule has 0 saturated carbocycles. The number of hydrogen-bond acceptors (Lipinski definition) is 6. The van der Waals surface area contributed by atoms with E-state index in [1.54, 1.807) is 12.1 Å². The SMILES string of the molecule is O=C=NS(=O)(=O)N=C=O.O=C=Nc1ccc(-c2ccccc2)cc1. The monoisotopic (exact) mass is 343 g/mol. The van der Waals surface area contributed by atoms with Crippen LogP contribution < -0.4 is 0 Å².